The number of carbonyl (C=O) groups is 4. The largest absolute Gasteiger partial charge is 0.478 e. The van der Waals surface area contributed by atoms with Crippen LogP contribution in [0.15, 0.2) is 54.6 Å². The van der Waals surface area contributed by atoms with Crippen molar-refractivity contribution in [3.8, 4) is 23.0 Å². The average Bonchev–Trinajstić information content (AvgIpc) is 3.01. The van der Waals surface area contributed by atoms with Gasteiger partial charge < -0.3 is 24.1 Å². The Morgan fingerprint density at radius 1 is 0.744 bits per heavy atom. The van der Waals surface area contributed by atoms with Gasteiger partial charge in [-0.3, -0.25) is 14.4 Å². The molecule has 1 aliphatic rings. The van der Waals surface area contributed by atoms with Crippen LogP contribution in [0.25, 0.3) is 0 Å². The Labute approximate surface area is 252 Å². The van der Waals surface area contributed by atoms with Gasteiger partial charge in [-0.1, -0.05) is 61.5 Å². The maximum absolute atomic E-state index is 12.2. The number of esters is 2. The van der Waals surface area contributed by atoms with Gasteiger partial charge >= 0.3 is 17.9 Å². The number of rotatable bonds is 8. The Bertz CT molecular complexity index is 1400. The van der Waals surface area contributed by atoms with E-state index in [1.54, 1.807) is 52.0 Å². The van der Waals surface area contributed by atoms with E-state index < -0.39 is 23.5 Å². The first-order valence-corrected chi connectivity index (χ1v) is 14.3. The third kappa shape index (κ3) is 7.11. The minimum absolute atomic E-state index is 0.0495. The average molecular weight is 593 g/mol. The van der Waals surface area contributed by atoms with E-state index in [0.717, 1.165) is 0 Å². The zero-order valence-electron chi connectivity index (χ0n) is 26.1. The lowest BCUT2D eigenvalue weighted by molar-refractivity contribution is -0.138. The normalized spacial score (nSPS) is 12.3. The predicted octanol–water partition coefficient (Wildman–Crippen LogP) is 7.42. The summed E-state index contributed by atoms with van der Waals surface area (Å²) in [6.07, 6.45) is 0.619. The first kappa shape index (κ1) is 34.7. The van der Waals surface area contributed by atoms with E-state index in [0.29, 0.717) is 17.4 Å². The molecule has 0 radical (unpaired) electrons. The molecule has 0 spiro atoms. The number of hydrogen-bond acceptors (Lipinski definition) is 8. The van der Waals surface area contributed by atoms with E-state index >= 15 is 0 Å². The summed E-state index contributed by atoms with van der Waals surface area (Å²) in [5, 5.41) is 9.70. The van der Waals surface area contributed by atoms with E-state index in [1.807, 2.05) is 27.7 Å². The van der Waals surface area contributed by atoms with Gasteiger partial charge in [0.2, 0.25) is 0 Å². The number of hydrogen-bond donors (Lipinski definition) is 1. The van der Waals surface area contributed by atoms with E-state index in [1.165, 1.54) is 37.4 Å². The van der Waals surface area contributed by atoms with Crippen LogP contribution in [0.4, 0.5) is 0 Å². The Kier molecular flexibility index (Phi) is 12.2. The zero-order chi connectivity index (χ0) is 32.5. The Balaban J connectivity index is 0.00000155. The number of methoxy groups -OCH3 is 1. The molecular formula is C34H40O9. The van der Waals surface area contributed by atoms with Crippen molar-refractivity contribution in [3.63, 3.8) is 0 Å². The van der Waals surface area contributed by atoms with Gasteiger partial charge in [0.05, 0.1) is 17.4 Å². The van der Waals surface area contributed by atoms with Gasteiger partial charge in [-0.25, -0.2) is 4.79 Å². The second-order valence-electron chi connectivity index (χ2n) is 9.68. The van der Waals surface area contributed by atoms with Gasteiger partial charge in [-0.05, 0) is 36.4 Å². The molecule has 0 aromatic heterocycles. The summed E-state index contributed by atoms with van der Waals surface area (Å²) in [7, 11) is 1.43. The highest BCUT2D eigenvalue weighted by atomic mass is 16.5. The Hall–Kier alpha value is -4.50. The van der Waals surface area contributed by atoms with Crippen LogP contribution in [0, 0.1) is 11.8 Å². The number of carboxylic acid groups (broad SMARTS) is 1. The third-order valence-corrected chi connectivity index (χ3v) is 6.38. The molecule has 9 heteroatoms. The zero-order valence-corrected chi connectivity index (χ0v) is 26.1. The quantitative estimate of drug-likeness (QED) is 0.162. The van der Waals surface area contributed by atoms with Crippen LogP contribution in [0.1, 0.15) is 92.8 Å². The van der Waals surface area contributed by atoms with E-state index in [9.17, 15) is 24.3 Å². The molecular weight excluding hydrogens is 552 g/mol. The highest BCUT2D eigenvalue weighted by Crippen LogP contribution is 2.54. The van der Waals surface area contributed by atoms with Crippen LogP contribution in [-0.4, -0.2) is 36.4 Å². The molecule has 1 N–H and O–H groups in total. The second kappa shape index (κ2) is 15.1. The van der Waals surface area contributed by atoms with Crippen molar-refractivity contribution in [3.05, 3.63) is 82.4 Å². The molecule has 1 heterocycles. The van der Waals surface area contributed by atoms with Gasteiger partial charge in [0.25, 0.3) is 0 Å². The summed E-state index contributed by atoms with van der Waals surface area (Å²) in [4.78, 5) is 48.5. The molecule has 0 amide bonds. The maximum Gasteiger partial charge on any atom is 0.335 e. The fourth-order valence-electron chi connectivity index (χ4n) is 4.33. The molecule has 0 saturated carbocycles. The van der Waals surface area contributed by atoms with E-state index in [4.69, 9.17) is 18.9 Å². The Morgan fingerprint density at radius 3 is 1.58 bits per heavy atom. The summed E-state index contributed by atoms with van der Waals surface area (Å²) >= 11 is 0. The molecule has 4 rings (SSSR count). The van der Waals surface area contributed by atoms with Crippen molar-refractivity contribution < 1.29 is 43.2 Å². The van der Waals surface area contributed by atoms with Crippen LogP contribution >= 0.6 is 0 Å². The van der Waals surface area contributed by atoms with Crippen LogP contribution in [0.3, 0.4) is 0 Å². The van der Waals surface area contributed by atoms with Crippen LogP contribution in [-0.2, 0) is 19.9 Å². The number of aromatic carboxylic acids is 1. The summed E-state index contributed by atoms with van der Waals surface area (Å²) in [6.45, 7) is 14.8. The number of ether oxygens (including phenoxy) is 4. The number of carbonyl (C=O) groups excluding carboxylic acids is 3. The smallest absolute Gasteiger partial charge is 0.335 e. The van der Waals surface area contributed by atoms with Crippen molar-refractivity contribution >= 4 is 24.2 Å². The van der Waals surface area contributed by atoms with E-state index in [-0.39, 0.29) is 51.5 Å². The van der Waals surface area contributed by atoms with Gasteiger partial charge in [-0.2, -0.15) is 0 Å². The summed E-state index contributed by atoms with van der Waals surface area (Å²) in [6, 6.07) is 13.6. The molecule has 230 valence electrons. The molecule has 0 saturated heterocycles. The minimum atomic E-state index is -1.51. The van der Waals surface area contributed by atoms with Crippen LogP contribution in [0.2, 0.25) is 0 Å². The molecule has 0 fully saturated rings. The molecule has 43 heavy (non-hydrogen) atoms. The fourth-order valence-corrected chi connectivity index (χ4v) is 4.33. The molecule has 0 aliphatic carbocycles. The maximum atomic E-state index is 12.2. The highest BCUT2D eigenvalue weighted by Gasteiger charge is 2.46. The van der Waals surface area contributed by atoms with Crippen molar-refractivity contribution in [1.29, 1.82) is 0 Å². The van der Waals surface area contributed by atoms with Gasteiger partial charge in [0.1, 0.15) is 29.3 Å². The first-order chi connectivity index (χ1) is 20.5. The number of carboxylic acids is 1. The number of fused-ring (bicyclic) bond motifs is 2. The minimum Gasteiger partial charge on any atom is -0.478 e. The summed E-state index contributed by atoms with van der Waals surface area (Å²) in [5.41, 5.74) is -0.201. The van der Waals surface area contributed by atoms with Crippen molar-refractivity contribution in [2.75, 3.05) is 7.11 Å². The molecule has 0 unspecified atom stereocenters. The summed E-state index contributed by atoms with van der Waals surface area (Å²) in [5.74, 6) is -1.88. The van der Waals surface area contributed by atoms with Crippen molar-refractivity contribution in [1.82, 2.24) is 0 Å². The molecule has 1 aliphatic heterocycles. The first-order valence-electron chi connectivity index (χ1n) is 14.3. The van der Waals surface area contributed by atoms with Gasteiger partial charge in [0.15, 0.2) is 5.60 Å². The predicted molar refractivity (Wildman–Crippen MR) is 162 cm³/mol. The lowest BCUT2D eigenvalue weighted by Gasteiger charge is -2.40. The molecule has 3 aromatic carbocycles. The lowest BCUT2D eigenvalue weighted by atomic mass is 9.75. The standard InChI is InChI=1S/C30H28O9.2C2H6/c1-16(2)28(34)37-20-8-10-22-25(13-20)39-26-14-21(38-29(35)17(3)4)9-11-23(26)30(22,36-5)24-12-18(27(32)33)6-7-19(24)15-31;2*1-2/h6-17H,1-5H3,(H,32,33);2*1-2H3. The van der Waals surface area contributed by atoms with Crippen molar-refractivity contribution in [2.24, 2.45) is 11.8 Å². The molecule has 9 nitrogen and oxygen atoms in total. The van der Waals surface area contributed by atoms with Gasteiger partial charge in [0, 0.05) is 41.5 Å². The summed E-state index contributed by atoms with van der Waals surface area (Å²) < 4.78 is 23.3. The van der Waals surface area contributed by atoms with E-state index in [2.05, 4.69) is 0 Å². The van der Waals surface area contributed by atoms with Gasteiger partial charge in [-0.15, -0.1) is 0 Å². The number of benzene rings is 3. The van der Waals surface area contributed by atoms with Crippen LogP contribution < -0.4 is 14.2 Å². The molecule has 3 aromatic rings. The van der Waals surface area contributed by atoms with Crippen LogP contribution in [0.5, 0.6) is 23.0 Å². The Morgan fingerprint density at radius 2 is 1.21 bits per heavy atom. The monoisotopic (exact) mass is 592 g/mol. The second-order valence-corrected chi connectivity index (χ2v) is 9.68. The van der Waals surface area contributed by atoms with Crippen molar-refractivity contribution in [2.45, 2.75) is 61.0 Å². The fraction of sp³-hybridized carbons (Fsp3) is 0.353. The molecule has 0 bridgehead atoms. The molecule has 0 atom stereocenters. The topological polar surface area (TPSA) is 125 Å². The third-order valence-electron chi connectivity index (χ3n) is 6.38. The number of aldehydes is 1. The SMILES string of the molecule is CC.CC.COC1(c2cc(C(=O)O)ccc2C=O)c2ccc(OC(=O)C(C)C)cc2Oc2cc(OC(=O)C(C)C)ccc21. The lowest BCUT2D eigenvalue weighted by Crippen LogP contribution is -2.36. The highest BCUT2D eigenvalue weighted by molar-refractivity contribution is 5.90.